The van der Waals surface area contributed by atoms with Crippen LogP contribution in [0, 0.1) is 13.8 Å². The smallest absolute Gasteiger partial charge is 0.169 e. The second-order valence-corrected chi connectivity index (χ2v) is 5.57. The van der Waals surface area contributed by atoms with E-state index >= 15 is 0 Å². The van der Waals surface area contributed by atoms with Crippen LogP contribution in [-0.2, 0) is 6.42 Å². The Balaban J connectivity index is 1.94. The van der Waals surface area contributed by atoms with Gasteiger partial charge in [0.1, 0.15) is 11.4 Å². The van der Waals surface area contributed by atoms with Crippen LogP contribution in [0.1, 0.15) is 26.6 Å². The van der Waals surface area contributed by atoms with E-state index in [1.807, 2.05) is 26.0 Å². The van der Waals surface area contributed by atoms with E-state index in [4.69, 9.17) is 16.3 Å². The molecule has 5 heteroatoms. The Hall–Kier alpha value is -1.39. The number of benzene rings is 1. The normalized spacial score (nSPS) is 10.5. The number of carbonyl (C=O) groups excluding carboxylic acids is 1. The second-order valence-electron chi connectivity index (χ2n) is 4.25. The van der Waals surface area contributed by atoms with Crippen LogP contribution in [0.15, 0.2) is 17.5 Å². The summed E-state index contributed by atoms with van der Waals surface area (Å²) in [6.45, 7) is 4.45. The van der Waals surface area contributed by atoms with Crippen molar-refractivity contribution in [3.8, 4) is 5.75 Å². The van der Waals surface area contributed by atoms with E-state index in [1.54, 1.807) is 5.38 Å². The van der Waals surface area contributed by atoms with Crippen molar-refractivity contribution >= 4 is 29.2 Å². The molecule has 100 valence electrons. The monoisotopic (exact) mass is 295 g/mol. The highest BCUT2D eigenvalue weighted by atomic mass is 35.5. The lowest BCUT2D eigenvalue weighted by Gasteiger charge is -2.09. The Labute approximate surface area is 121 Å². The molecule has 0 spiro atoms. The third-order valence-corrected chi connectivity index (χ3v) is 4.21. The molecule has 0 saturated carbocycles. The molecule has 2 aromatic rings. The van der Waals surface area contributed by atoms with E-state index in [1.165, 1.54) is 11.3 Å². The molecule has 1 aromatic carbocycles. The van der Waals surface area contributed by atoms with Gasteiger partial charge in [-0.05, 0) is 37.1 Å². The molecule has 0 atom stereocenters. The number of thiazole rings is 1. The van der Waals surface area contributed by atoms with Gasteiger partial charge in [-0.2, -0.15) is 0 Å². The number of aldehydes is 1. The molecule has 0 aliphatic rings. The summed E-state index contributed by atoms with van der Waals surface area (Å²) in [7, 11) is 0. The lowest BCUT2D eigenvalue weighted by atomic mass is 10.1. The summed E-state index contributed by atoms with van der Waals surface area (Å²) in [4.78, 5) is 14.7. The van der Waals surface area contributed by atoms with Crippen molar-refractivity contribution in [3.05, 3.63) is 44.4 Å². The number of hydrogen-bond donors (Lipinski definition) is 0. The van der Waals surface area contributed by atoms with Crippen molar-refractivity contribution < 1.29 is 9.53 Å². The van der Waals surface area contributed by atoms with Crippen LogP contribution in [0.2, 0.25) is 5.02 Å². The van der Waals surface area contributed by atoms with E-state index in [9.17, 15) is 4.79 Å². The minimum Gasteiger partial charge on any atom is -0.493 e. The van der Waals surface area contributed by atoms with Crippen molar-refractivity contribution in [3.63, 3.8) is 0 Å². The minimum absolute atomic E-state index is 0.484. The zero-order valence-electron chi connectivity index (χ0n) is 10.8. The number of aromatic nitrogens is 1. The summed E-state index contributed by atoms with van der Waals surface area (Å²) < 4.78 is 5.69. The summed E-state index contributed by atoms with van der Waals surface area (Å²) in [5.41, 5.74) is 2.50. The summed E-state index contributed by atoms with van der Waals surface area (Å²) in [6, 6.07) is 3.85. The summed E-state index contributed by atoms with van der Waals surface area (Å²) in [6.07, 6.45) is 1.45. The lowest BCUT2D eigenvalue weighted by Crippen LogP contribution is -2.02. The number of ether oxygens (including phenoxy) is 1. The average molecular weight is 296 g/mol. The summed E-state index contributed by atoms with van der Waals surface area (Å²) >= 11 is 7.58. The van der Waals surface area contributed by atoms with Gasteiger partial charge in [-0.15, -0.1) is 11.3 Å². The summed E-state index contributed by atoms with van der Waals surface area (Å²) in [5, 5.41) is 3.44. The van der Waals surface area contributed by atoms with Gasteiger partial charge in [-0.25, -0.2) is 4.98 Å². The molecule has 0 saturated heterocycles. The van der Waals surface area contributed by atoms with Crippen molar-refractivity contribution in [1.82, 2.24) is 4.98 Å². The number of hydrogen-bond acceptors (Lipinski definition) is 4. The molecule has 0 aliphatic carbocycles. The molecule has 0 amide bonds. The topological polar surface area (TPSA) is 39.2 Å². The van der Waals surface area contributed by atoms with Crippen molar-refractivity contribution in [2.24, 2.45) is 0 Å². The first-order valence-corrected chi connectivity index (χ1v) is 7.15. The zero-order valence-corrected chi connectivity index (χ0v) is 12.3. The Morgan fingerprint density at radius 3 is 2.63 bits per heavy atom. The predicted molar refractivity (Wildman–Crippen MR) is 77.6 cm³/mol. The fourth-order valence-electron chi connectivity index (χ4n) is 1.74. The van der Waals surface area contributed by atoms with Crippen molar-refractivity contribution in [2.45, 2.75) is 20.3 Å². The predicted octanol–water partition coefficient (Wildman–Crippen LogP) is 3.85. The van der Waals surface area contributed by atoms with Gasteiger partial charge in [-0.1, -0.05) is 11.6 Å². The lowest BCUT2D eigenvalue weighted by molar-refractivity contribution is 0.111. The Bertz CT molecular complexity index is 572. The van der Waals surface area contributed by atoms with E-state index in [2.05, 4.69) is 4.98 Å². The molecule has 0 radical (unpaired) electrons. The van der Waals surface area contributed by atoms with Crippen molar-refractivity contribution in [1.29, 1.82) is 0 Å². The quantitative estimate of drug-likeness (QED) is 0.787. The van der Waals surface area contributed by atoms with Gasteiger partial charge < -0.3 is 4.74 Å². The molecule has 0 unspecified atom stereocenters. The third-order valence-electron chi connectivity index (χ3n) is 2.68. The number of carbonyl (C=O) groups is 1. The number of nitrogens with zero attached hydrogens (tertiary/aromatic N) is 1. The van der Waals surface area contributed by atoms with E-state index < -0.39 is 0 Å². The van der Waals surface area contributed by atoms with Crippen LogP contribution in [0.25, 0.3) is 0 Å². The van der Waals surface area contributed by atoms with Gasteiger partial charge in [0, 0.05) is 16.8 Å². The third kappa shape index (κ3) is 3.55. The molecule has 1 aromatic heterocycles. The second kappa shape index (κ2) is 6.17. The van der Waals surface area contributed by atoms with E-state index in [-0.39, 0.29) is 0 Å². The molecule has 0 fully saturated rings. The molecule has 2 rings (SSSR count). The largest absolute Gasteiger partial charge is 0.493 e. The standard InChI is InChI=1S/C14H14ClNO2S/c1-9-5-12(6-10(2)14(9)15)18-4-3-13-16-11(7-17)8-19-13/h5-8H,3-4H2,1-2H3. The average Bonchev–Trinajstić information content (AvgIpc) is 2.84. The molecule has 0 N–H and O–H groups in total. The van der Waals surface area contributed by atoms with Crippen LogP contribution in [0.5, 0.6) is 5.75 Å². The van der Waals surface area contributed by atoms with Gasteiger partial charge in [0.15, 0.2) is 6.29 Å². The molecule has 0 bridgehead atoms. The highest BCUT2D eigenvalue weighted by Gasteiger charge is 2.05. The molecular weight excluding hydrogens is 282 g/mol. The Morgan fingerprint density at radius 1 is 1.37 bits per heavy atom. The van der Waals surface area contributed by atoms with Gasteiger partial charge in [0.05, 0.1) is 11.6 Å². The fraction of sp³-hybridized carbons (Fsp3) is 0.286. The minimum atomic E-state index is 0.484. The number of halogens is 1. The van der Waals surface area contributed by atoms with Crippen molar-refractivity contribution in [2.75, 3.05) is 6.61 Å². The fourth-order valence-corrected chi connectivity index (χ4v) is 2.57. The van der Waals surface area contributed by atoms with Gasteiger partial charge in [0.25, 0.3) is 0 Å². The van der Waals surface area contributed by atoms with E-state index in [0.717, 1.165) is 33.2 Å². The van der Waals surface area contributed by atoms with Crippen LogP contribution in [0.4, 0.5) is 0 Å². The number of aryl methyl sites for hydroxylation is 2. The maximum Gasteiger partial charge on any atom is 0.169 e. The maximum absolute atomic E-state index is 10.5. The zero-order chi connectivity index (χ0) is 13.8. The highest BCUT2D eigenvalue weighted by Crippen LogP contribution is 2.26. The van der Waals surface area contributed by atoms with Crippen LogP contribution >= 0.6 is 22.9 Å². The first-order chi connectivity index (χ1) is 9.10. The SMILES string of the molecule is Cc1cc(OCCc2nc(C=O)cs2)cc(C)c1Cl. The first-order valence-electron chi connectivity index (χ1n) is 5.89. The molecule has 1 heterocycles. The van der Waals surface area contributed by atoms with E-state index in [0.29, 0.717) is 18.7 Å². The van der Waals surface area contributed by atoms with Gasteiger partial charge in [0.2, 0.25) is 0 Å². The van der Waals surface area contributed by atoms with Crippen LogP contribution in [-0.4, -0.2) is 17.9 Å². The van der Waals surface area contributed by atoms with Crippen LogP contribution < -0.4 is 4.74 Å². The maximum atomic E-state index is 10.5. The van der Waals surface area contributed by atoms with Gasteiger partial charge in [-0.3, -0.25) is 4.79 Å². The molecular formula is C14H14ClNO2S. The highest BCUT2D eigenvalue weighted by molar-refractivity contribution is 7.09. The molecule has 0 aliphatic heterocycles. The first kappa shape index (κ1) is 14.0. The Morgan fingerprint density at radius 2 is 2.05 bits per heavy atom. The Kier molecular flexibility index (Phi) is 4.56. The number of rotatable bonds is 5. The van der Waals surface area contributed by atoms with Gasteiger partial charge >= 0.3 is 0 Å². The molecule has 19 heavy (non-hydrogen) atoms. The molecule has 3 nitrogen and oxygen atoms in total. The van der Waals surface area contributed by atoms with Crippen LogP contribution in [0.3, 0.4) is 0 Å². The summed E-state index contributed by atoms with van der Waals surface area (Å²) in [5.74, 6) is 0.812.